The number of carbonyl (C=O) groups is 1. The van der Waals surface area contributed by atoms with Gasteiger partial charge in [-0.25, -0.2) is 4.98 Å². The van der Waals surface area contributed by atoms with Crippen molar-refractivity contribution in [2.75, 3.05) is 12.0 Å². The third-order valence-corrected chi connectivity index (χ3v) is 2.66. The summed E-state index contributed by atoms with van der Waals surface area (Å²) in [6.07, 6.45) is 0. The number of nitrogens with one attached hydrogen (secondary N) is 2. The van der Waals surface area contributed by atoms with Crippen LogP contribution in [-0.2, 0) is 0 Å². The van der Waals surface area contributed by atoms with Gasteiger partial charge in [-0.1, -0.05) is 17.7 Å². The van der Waals surface area contributed by atoms with E-state index in [1.165, 1.54) is 0 Å². The van der Waals surface area contributed by atoms with Gasteiger partial charge in [-0.15, -0.1) is 0 Å². The van der Waals surface area contributed by atoms with Gasteiger partial charge in [0.05, 0.1) is 12.3 Å². The van der Waals surface area contributed by atoms with E-state index in [4.69, 9.17) is 16.3 Å². The molecule has 0 aliphatic carbocycles. The van der Waals surface area contributed by atoms with E-state index in [-0.39, 0.29) is 11.6 Å². The lowest BCUT2D eigenvalue weighted by molar-refractivity contribution is 0.0956. The molecule has 1 amide bonds. The van der Waals surface area contributed by atoms with Crippen LogP contribution in [0.1, 0.15) is 17.4 Å². The Hall–Kier alpha value is -2.27. The van der Waals surface area contributed by atoms with E-state index in [2.05, 4.69) is 15.8 Å². The van der Waals surface area contributed by atoms with E-state index in [0.717, 1.165) is 5.69 Å². The highest BCUT2D eigenvalue weighted by molar-refractivity contribution is 6.30. The fourth-order valence-corrected chi connectivity index (χ4v) is 1.62. The Morgan fingerprint density at radius 3 is 2.70 bits per heavy atom. The molecule has 0 fully saturated rings. The van der Waals surface area contributed by atoms with E-state index >= 15 is 0 Å². The van der Waals surface area contributed by atoms with E-state index < -0.39 is 0 Å². The maximum Gasteiger partial charge on any atom is 0.288 e. The largest absolute Gasteiger partial charge is 0.478 e. The third-order valence-electron chi connectivity index (χ3n) is 2.41. The number of hydrogen-bond acceptors (Lipinski definition) is 4. The van der Waals surface area contributed by atoms with Crippen LogP contribution in [0.4, 0.5) is 5.69 Å². The summed E-state index contributed by atoms with van der Waals surface area (Å²) in [6.45, 7) is 2.36. The molecule has 20 heavy (non-hydrogen) atoms. The van der Waals surface area contributed by atoms with Crippen molar-refractivity contribution in [2.24, 2.45) is 0 Å². The van der Waals surface area contributed by atoms with E-state index in [1.807, 2.05) is 6.92 Å². The zero-order valence-electron chi connectivity index (χ0n) is 10.9. The molecule has 1 aromatic heterocycles. The van der Waals surface area contributed by atoms with Gasteiger partial charge < -0.3 is 4.74 Å². The van der Waals surface area contributed by atoms with Crippen molar-refractivity contribution >= 4 is 23.2 Å². The zero-order valence-corrected chi connectivity index (χ0v) is 11.6. The maximum absolute atomic E-state index is 11.9. The van der Waals surface area contributed by atoms with Gasteiger partial charge in [-0.2, -0.15) is 0 Å². The highest BCUT2D eigenvalue weighted by Crippen LogP contribution is 2.12. The summed E-state index contributed by atoms with van der Waals surface area (Å²) in [5, 5.41) is 0.632. The van der Waals surface area contributed by atoms with Gasteiger partial charge in [0, 0.05) is 11.1 Å². The van der Waals surface area contributed by atoms with Gasteiger partial charge >= 0.3 is 0 Å². The number of hydrazine groups is 1. The molecule has 0 radical (unpaired) electrons. The molecule has 1 aromatic carbocycles. The number of anilines is 1. The molecule has 2 N–H and O–H groups in total. The fraction of sp³-hybridized carbons (Fsp3) is 0.143. The highest BCUT2D eigenvalue weighted by Gasteiger charge is 2.07. The topological polar surface area (TPSA) is 63.2 Å². The molecular formula is C14H14ClN3O2. The molecule has 2 aromatic rings. The van der Waals surface area contributed by atoms with Crippen molar-refractivity contribution < 1.29 is 9.53 Å². The average molecular weight is 292 g/mol. The van der Waals surface area contributed by atoms with Crippen LogP contribution in [0.15, 0.2) is 42.5 Å². The number of nitrogens with zero attached hydrogens (tertiary/aromatic N) is 1. The molecule has 0 spiro atoms. The Labute approximate surface area is 121 Å². The Bertz CT molecular complexity index is 587. The van der Waals surface area contributed by atoms with Gasteiger partial charge in [0.1, 0.15) is 5.69 Å². The van der Waals surface area contributed by atoms with Crippen LogP contribution in [0, 0.1) is 0 Å². The number of aromatic nitrogens is 1. The van der Waals surface area contributed by atoms with Gasteiger partial charge in [0.15, 0.2) is 0 Å². The predicted molar refractivity (Wildman–Crippen MR) is 77.9 cm³/mol. The van der Waals surface area contributed by atoms with Crippen molar-refractivity contribution in [3.8, 4) is 5.88 Å². The van der Waals surface area contributed by atoms with Gasteiger partial charge in [-0.3, -0.25) is 15.6 Å². The third kappa shape index (κ3) is 3.86. The minimum absolute atomic E-state index is 0.275. The molecule has 104 valence electrons. The predicted octanol–water partition coefficient (Wildman–Crippen LogP) is 2.89. The summed E-state index contributed by atoms with van der Waals surface area (Å²) in [6, 6.07) is 12.0. The molecule has 0 saturated heterocycles. The zero-order chi connectivity index (χ0) is 14.4. The number of amides is 1. The van der Waals surface area contributed by atoms with Crippen LogP contribution in [0.5, 0.6) is 5.88 Å². The molecule has 0 saturated carbocycles. The quantitative estimate of drug-likeness (QED) is 0.832. The van der Waals surface area contributed by atoms with Crippen LogP contribution >= 0.6 is 11.6 Å². The Morgan fingerprint density at radius 1 is 1.25 bits per heavy atom. The summed E-state index contributed by atoms with van der Waals surface area (Å²) >= 11 is 5.78. The molecule has 1 heterocycles. The standard InChI is InChI=1S/C14H14ClN3O2/c1-2-20-13-5-3-4-12(16-13)14(19)18-17-11-8-6-10(15)7-9-11/h3-9,17H,2H2,1H3,(H,18,19). The second kappa shape index (κ2) is 6.77. The molecule has 0 aliphatic rings. The SMILES string of the molecule is CCOc1cccc(C(=O)NNc2ccc(Cl)cc2)n1. The number of hydrogen-bond donors (Lipinski definition) is 2. The van der Waals surface area contributed by atoms with Crippen LogP contribution in [0.25, 0.3) is 0 Å². The first kappa shape index (κ1) is 14.1. The van der Waals surface area contributed by atoms with Gasteiger partial charge in [0.25, 0.3) is 5.91 Å². The summed E-state index contributed by atoms with van der Waals surface area (Å²) in [7, 11) is 0. The summed E-state index contributed by atoms with van der Waals surface area (Å²) < 4.78 is 5.25. The number of carbonyl (C=O) groups excluding carboxylic acids is 1. The number of rotatable bonds is 5. The number of halogens is 1. The smallest absolute Gasteiger partial charge is 0.288 e. The van der Waals surface area contributed by atoms with Crippen LogP contribution in [-0.4, -0.2) is 17.5 Å². The van der Waals surface area contributed by atoms with Crippen molar-refractivity contribution in [2.45, 2.75) is 6.92 Å². The number of pyridine rings is 1. The molecule has 0 bridgehead atoms. The summed E-state index contributed by atoms with van der Waals surface area (Å²) in [5.41, 5.74) is 6.34. The summed E-state index contributed by atoms with van der Waals surface area (Å²) in [5.74, 6) is 0.0770. The maximum atomic E-state index is 11.9. The Balaban J connectivity index is 1.97. The molecule has 0 unspecified atom stereocenters. The van der Waals surface area contributed by atoms with Crippen LogP contribution in [0.2, 0.25) is 5.02 Å². The minimum atomic E-state index is -0.346. The first-order valence-electron chi connectivity index (χ1n) is 6.11. The van der Waals surface area contributed by atoms with E-state index in [0.29, 0.717) is 17.5 Å². The fourth-order valence-electron chi connectivity index (χ4n) is 1.50. The van der Waals surface area contributed by atoms with Crippen LogP contribution < -0.4 is 15.6 Å². The minimum Gasteiger partial charge on any atom is -0.478 e. The molecule has 0 atom stereocenters. The van der Waals surface area contributed by atoms with Gasteiger partial charge in [-0.05, 0) is 37.3 Å². The Morgan fingerprint density at radius 2 is 2.00 bits per heavy atom. The lowest BCUT2D eigenvalue weighted by Crippen LogP contribution is -2.30. The first-order valence-corrected chi connectivity index (χ1v) is 6.48. The lowest BCUT2D eigenvalue weighted by atomic mass is 10.3. The van der Waals surface area contributed by atoms with E-state index in [1.54, 1.807) is 42.5 Å². The average Bonchev–Trinajstić information content (AvgIpc) is 2.47. The molecule has 0 aliphatic heterocycles. The molecule has 6 heteroatoms. The molecule has 2 rings (SSSR count). The second-order valence-corrected chi connectivity index (χ2v) is 4.32. The molecular weight excluding hydrogens is 278 g/mol. The van der Waals surface area contributed by atoms with Crippen molar-refractivity contribution in [1.29, 1.82) is 0 Å². The summed E-state index contributed by atoms with van der Waals surface area (Å²) in [4.78, 5) is 16.0. The monoisotopic (exact) mass is 291 g/mol. The number of benzene rings is 1. The molecule has 5 nitrogen and oxygen atoms in total. The van der Waals surface area contributed by atoms with Crippen molar-refractivity contribution in [3.63, 3.8) is 0 Å². The van der Waals surface area contributed by atoms with Crippen LogP contribution in [0.3, 0.4) is 0 Å². The second-order valence-electron chi connectivity index (χ2n) is 3.88. The normalized spacial score (nSPS) is 9.90. The van der Waals surface area contributed by atoms with Crippen molar-refractivity contribution in [3.05, 3.63) is 53.2 Å². The van der Waals surface area contributed by atoms with Gasteiger partial charge in [0.2, 0.25) is 5.88 Å². The first-order chi connectivity index (χ1) is 9.69. The number of ether oxygens (including phenoxy) is 1. The van der Waals surface area contributed by atoms with Crippen molar-refractivity contribution in [1.82, 2.24) is 10.4 Å². The van der Waals surface area contributed by atoms with E-state index in [9.17, 15) is 4.79 Å². The lowest BCUT2D eigenvalue weighted by Gasteiger charge is -2.09. The highest BCUT2D eigenvalue weighted by atomic mass is 35.5. The Kier molecular flexibility index (Phi) is 4.79.